The molecule has 0 saturated heterocycles. The van der Waals surface area contributed by atoms with Gasteiger partial charge in [-0.1, -0.05) is 40.9 Å². The van der Waals surface area contributed by atoms with Crippen LogP contribution >= 0.6 is 34.8 Å². The smallest absolute Gasteiger partial charge is 0.268 e. The third-order valence-electron chi connectivity index (χ3n) is 4.63. The molecular weight excluding hydrogens is 449 g/mol. The third kappa shape index (κ3) is 3.21. The van der Waals surface area contributed by atoms with Crippen molar-refractivity contribution in [2.24, 2.45) is 0 Å². The summed E-state index contributed by atoms with van der Waals surface area (Å²) >= 11 is 18.8. The molecule has 1 aliphatic rings. The molecule has 4 aromatic rings. The van der Waals surface area contributed by atoms with Gasteiger partial charge in [-0.05, 0) is 30.3 Å². The van der Waals surface area contributed by atoms with Gasteiger partial charge in [-0.25, -0.2) is 4.98 Å². The highest BCUT2D eigenvalue weighted by molar-refractivity contribution is 6.40. The molecular formula is C20H12Cl3N5O2. The Hall–Kier alpha value is -3.00. The van der Waals surface area contributed by atoms with Crippen LogP contribution in [0.5, 0.6) is 5.88 Å². The maximum Gasteiger partial charge on any atom is 0.268 e. The van der Waals surface area contributed by atoms with Crippen molar-refractivity contribution in [1.29, 1.82) is 0 Å². The Bertz CT molecular complexity index is 1290. The van der Waals surface area contributed by atoms with Crippen LogP contribution in [-0.2, 0) is 0 Å². The Labute approximate surface area is 185 Å². The van der Waals surface area contributed by atoms with E-state index in [4.69, 9.17) is 39.5 Å². The molecule has 0 aliphatic carbocycles. The second kappa shape index (κ2) is 7.36. The van der Waals surface area contributed by atoms with Gasteiger partial charge in [0.1, 0.15) is 5.56 Å². The van der Waals surface area contributed by atoms with Gasteiger partial charge in [0.25, 0.3) is 5.91 Å². The number of para-hydroxylation sites is 1. The Kier molecular flexibility index (Phi) is 4.66. The highest BCUT2D eigenvalue weighted by Gasteiger charge is 2.31. The van der Waals surface area contributed by atoms with Crippen LogP contribution in [0.2, 0.25) is 15.1 Å². The van der Waals surface area contributed by atoms with Gasteiger partial charge in [-0.2, -0.15) is 4.98 Å². The molecule has 2 aromatic heterocycles. The number of rotatable bonds is 3. The number of halogens is 3. The summed E-state index contributed by atoms with van der Waals surface area (Å²) in [5, 5.41) is 5.29. The number of anilines is 3. The standard InChI is InChI=1S/C20H12Cl3N5O2/c21-13-2-1-3-14(22)17(13)28-9-30-18-12(19(28)29)8-25-20(27-18)26-11-6-10-4-5-24-16(10)15(23)7-11/h1-8,24H,9H2,(H,25,26,27). The van der Waals surface area contributed by atoms with E-state index >= 15 is 0 Å². The molecule has 1 aliphatic heterocycles. The van der Waals surface area contributed by atoms with Gasteiger partial charge in [0.05, 0.1) is 26.3 Å². The van der Waals surface area contributed by atoms with Crippen molar-refractivity contribution in [2.45, 2.75) is 0 Å². The van der Waals surface area contributed by atoms with Crippen molar-refractivity contribution in [3.05, 3.63) is 69.4 Å². The summed E-state index contributed by atoms with van der Waals surface area (Å²) in [5.74, 6) is 0.0945. The number of carbonyl (C=O) groups excluding carboxylic acids is 1. The lowest BCUT2D eigenvalue weighted by Crippen LogP contribution is -2.39. The SMILES string of the molecule is O=C1c2cnc(Nc3cc(Cl)c4[nH]ccc4c3)nc2OCN1c1c(Cl)cccc1Cl. The Morgan fingerprint density at radius 2 is 1.90 bits per heavy atom. The summed E-state index contributed by atoms with van der Waals surface area (Å²) in [6, 6.07) is 10.6. The highest BCUT2D eigenvalue weighted by Crippen LogP contribution is 2.37. The van der Waals surface area contributed by atoms with Crippen molar-refractivity contribution in [3.8, 4) is 5.88 Å². The normalized spacial score (nSPS) is 13.3. The van der Waals surface area contributed by atoms with E-state index in [1.165, 1.54) is 11.1 Å². The number of aromatic amines is 1. The van der Waals surface area contributed by atoms with Gasteiger partial charge in [0.15, 0.2) is 6.73 Å². The fourth-order valence-electron chi connectivity index (χ4n) is 3.25. The summed E-state index contributed by atoms with van der Waals surface area (Å²) in [4.78, 5) is 26.0. The maximum atomic E-state index is 13.0. The molecule has 0 radical (unpaired) electrons. The lowest BCUT2D eigenvalue weighted by atomic mass is 10.2. The number of hydrogen-bond acceptors (Lipinski definition) is 5. The van der Waals surface area contributed by atoms with Crippen molar-refractivity contribution >= 4 is 68.9 Å². The predicted molar refractivity (Wildman–Crippen MR) is 117 cm³/mol. The first-order valence-corrected chi connectivity index (χ1v) is 9.94. The molecule has 0 unspecified atom stereocenters. The van der Waals surface area contributed by atoms with Crippen LogP contribution in [-0.4, -0.2) is 27.6 Å². The summed E-state index contributed by atoms with van der Waals surface area (Å²) in [6.07, 6.45) is 3.21. The maximum absolute atomic E-state index is 13.0. The molecule has 2 aromatic carbocycles. The number of nitrogens with zero attached hydrogens (tertiary/aromatic N) is 3. The van der Waals surface area contributed by atoms with Gasteiger partial charge in [0, 0.05) is 23.5 Å². The van der Waals surface area contributed by atoms with Gasteiger partial charge in [0.2, 0.25) is 11.8 Å². The summed E-state index contributed by atoms with van der Waals surface area (Å²) in [6.45, 7) is -0.0765. The van der Waals surface area contributed by atoms with Crippen LogP contribution < -0.4 is 15.0 Å². The Morgan fingerprint density at radius 1 is 1.10 bits per heavy atom. The molecule has 150 valence electrons. The summed E-state index contributed by atoms with van der Waals surface area (Å²) in [5.41, 5.74) is 2.15. The molecule has 0 bridgehead atoms. The van der Waals surface area contributed by atoms with Gasteiger partial charge >= 0.3 is 0 Å². The molecule has 7 nitrogen and oxygen atoms in total. The van der Waals surface area contributed by atoms with E-state index in [9.17, 15) is 4.79 Å². The lowest BCUT2D eigenvalue weighted by molar-refractivity contribution is 0.0932. The molecule has 0 saturated carbocycles. The molecule has 2 N–H and O–H groups in total. The zero-order chi connectivity index (χ0) is 20.8. The molecule has 30 heavy (non-hydrogen) atoms. The van der Waals surface area contributed by atoms with E-state index < -0.39 is 0 Å². The number of ether oxygens (including phenoxy) is 1. The van der Waals surface area contributed by atoms with Gasteiger partial charge < -0.3 is 15.0 Å². The first-order valence-electron chi connectivity index (χ1n) is 8.80. The van der Waals surface area contributed by atoms with E-state index in [1.807, 2.05) is 18.3 Å². The number of fused-ring (bicyclic) bond motifs is 2. The van der Waals surface area contributed by atoms with E-state index in [1.54, 1.807) is 24.3 Å². The number of nitrogens with one attached hydrogen (secondary N) is 2. The molecule has 0 spiro atoms. The van der Waals surface area contributed by atoms with E-state index in [-0.39, 0.29) is 30.0 Å². The van der Waals surface area contributed by atoms with Crippen LogP contribution in [0, 0.1) is 0 Å². The van der Waals surface area contributed by atoms with Gasteiger partial charge in [-0.3, -0.25) is 9.69 Å². The van der Waals surface area contributed by atoms with Crippen LogP contribution in [0.4, 0.5) is 17.3 Å². The third-order valence-corrected chi connectivity index (χ3v) is 5.54. The van der Waals surface area contributed by atoms with Crippen LogP contribution in [0.1, 0.15) is 10.4 Å². The number of H-pyrrole nitrogens is 1. The minimum atomic E-state index is -0.352. The second-order valence-electron chi connectivity index (χ2n) is 6.51. The highest BCUT2D eigenvalue weighted by atomic mass is 35.5. The second-order valence-corrected chi connectivity index (χ2v) is 7.74. The van der Waals surface area contributed by atoms with Crippen molar-refractivity contribution in [2.75, 3.05) is 16.9 Å². The number of amides is 1. The molecule has 10 heteroatoms. The van der Waals surface area contributed by atoms with Crippen molar-refractivity contribution in [1.82, 2.24) is 15.0 Å². The number of aromatic nitrogens is 3. The molecule has 3 heterocycles. The molecule has 0 atom stereocenters. The van der Waals surface area contributed by atoms with Crippen LogP contribution in [0.25, 0.3) is 10.9 Å². The van der Waals surface area contributed by atoms with E-state index in [0.29, 0.717) is 26.4 Å². The van der Waals surface area contributed by atoms with Crippen LogP contribution in [0.15, 0.2) is 48.8 Å². The largest absolute Gasteiger partial charge is 0.455 e. The number of benzene rings is 2. The minimum Gasteiger partial charge on any atom is -0.455 e. The zero-order valence-corrected chi connectivity index (χ0v) is 17.4. The molecule has 0 fully saturated rings. The number of hydrogen-bond donors (Lipinski definition) is 2. The average Bonchev–Trinajstić information content (AvgIpc) is 3.19. The van der Waals surface area contributed by atoms with Gasteiger partial charge in [-0.15, -0.1) is 0 Å². The van der Waals surface area contributed by atoms with Crippen LogP contribution in [0.3, 0.4) is 0 Å². The van der Waals surface area contributed by atoms with E-state index in [2.05, 4.69) is 20.3 Å². The Balaban J connectivity index is 1.44. The molecule has 1 amide bonds. The Morgan fingerprint density at radius 3 is 2.70 bits per heavy atom. The van der Waals surface area contributed by atoms with Crippen molar-refractivity contribution < 1.29 is 9.53 Å². The fourth-order valence-corrected chi connectivity index (χ4v) is 4.14. The van der Waals surface area contributed by atoms with Crippen molar-refractivity contribution in [3.63, 3.8) is 0 Å². The lowest BCUT2D eigenvalue weighted by Gasteiger charge is -2.29. The predicted octanol–water partition coefficient (Wildman–Crippen LogP) is 5.66. The minimum absolute atomic E-state index is 0.0765. The average molecular weight is 461 g/mol. The monoisotopic (exact) mass is 459 g/mol. The number of carbonyl (C=O) groups is 1. The summed E-state index contributed by atoms with van der Waals surface area (Å²) < 4.78 is 5.70. The fraction of sp³-hybridized carbons (Fsp3) is 0.0500. The topological polar surface area (TPSA) is 83.1 Å². The molecule has 5 rings (SSSR count). The first-order chi connectivity index (χ1) is 14.5. The quantitative estimate of drug-likeness (QED) is 0.412. The zero-order valence-electron chi connectivity index (χ0n) is 15.1. The van der Waals surface area contributed by atoms with E-state index in [0.717, 1.165) is 10.9 Å². The first kappa shape index (κ1) is 19.0. The summed E-state index contributed by atoms with van der Waals surface area (Å²) in [7, 11) is 0.